The summed E-state index contributed by atoms with van der Waals surface area (Å²) in [6.45, 7) is 4.66. The third kappa shape index (κ3) is 8.07. The molecule has 14 heteroatoms. The van der Waals surface area contributed by atoms with Crippen molar-refractivity contribution >= 4 is 24.2 Å². The van der Waals surface area contributed by atoms with E-state index in [2.05, 4.69) is 4.98 Å². The highest BCUT2D eigenvalue weighted by Gasteiger charge is 2.27. The Labute approximate surface area is 225 Å². The molecule has 0 N–H and O–H groups in total. The highest BCUT2D eigenvalue weighted by molar-refractivity contribution is 7.53. The van der Waals surface area contributed by atoms with Crippen LogP contribution in [-0.2, 0) is 18.5 Å². The van der Waals surface area contributed by atoms with Crippen molar-refractivity contribution < 1.29 is 42.0 Å². The maximum atomic E-state index is 14.4. The van der Waals surface area contributed by atoms with Gasteiger partial charge in [0.2, 0.25) is 0 Å². The Morgan fingerprint density at radius 2 is 1.77 bits per heavy atom. The van der Waals surface area contributed by atoms with Crippen LogP contribution in [0, 0.1) is 15.9 Å². The number of ether oxygens (including phenoxy) is 3. The van der Waals surface area contributed by atoms with E-state index in [1.807, 2.05) is 0 Å². The fourth-order valence-corrected chi connectivity index (χ4v) is 5.31. The predicted molar refractivity (Wildman–Crippen MR) is 141 cm³/mol. The largest absolute Gasteiger partial charge is 0.493 e. The molecule has 1 heterocycles. The fraction of sp³-hybridized carbons (Fsp3) is 0.400. The standard InChI is InChI=1S/C25H31FN3O9P/c1-5-36-39(32,37-6-2)17-28(34-4)12-7-13-35-25-16-21-19(15-24(25)33-3)22(10-11-27-21)38-23-9-8-18(29(30)31)14-20(23)26/h8-11,14-16H,5-7,12-13,17H2,1-4H3. The first-order chi connectivity index (χ1) is 18.7. The van der Waals surface area contributed by atoms with Crippen LogP contribution in [0.25, 0.3) is 10.9 Å². The number of halogens is 1. The number of non-ortho nitro benzene ring substituents is 1. The molecule has 0 aliphatic rings. The van der Waals surface area contributed by atoms with Crippen molar-refractivity contribution in [2.75, 3.05) is 46.9 Å². The summed E-state index contributed by atoms with van der Waals surface area (Å²) < 4.78 is 54.9. The molecule has 0 bridgehead atoms. The Morgan fingerprint density at radius 3 is 2.38 bits per heavy atom. The zero-order valence-corrected chi connectivity index (χ0v) is 23.0. The van der Waals surface area contributed by atoms with Crippen molar-refractivity contribution in [2.24, 2.45) is 0 Å². The van der Waals surface area contributed by atoms with Crippen LogP contribution < -0.4 is 14.2 Å². The number of benzene rings is 2. The lowest BCUT2D eigenvalue weighted by Gasteiger charge is -2.24. The molecule has 0 spiro atoms. The Bertz CT molecular complexity index is 1320. The number of nitro groups is 1. The van der Waals surface area contributed by atoms with Gasteiger partial charge in [0.1, 0.15) is 12.0 Å². The van der Waals surface area contributed by atoms with Crippen LogP contribution in [0.15, 0.2) is 42.6 Å². The molecule has 0 fully saturated rings. The van der Waals surface area contributed by atoms with E-state index in [1.165, 1.54) is 31.5 Å². The predicted octanol–water partition coefficient (Wildman–Crippen LogP) is 5.94. The van der Waals surface area contributed by atoms with Crippen LogP contribution in [-0.4, -0.2) is 61.8 Å². The Morgan fingerprint density at radius 1 is 1.03 bits per heavy atom. The lowest BCUT2D eigenvalue weighted by atomic mass is 10.1. The van der Waals surface area contributed by atoms with Crippen LogP contribution in [0.1, 0.15) is 20.3 Å². The minimum absolute atomic E-state index is 0.0213. The zero-order chi connectivity index (χ0) is 28.4. The number of hydrogen-bond donors (Lipinski definition) is 0. The van der Waals surface area contributed by atoms with Crippen molar-refractivity contribution in [3.8, 4) is 23.0 Å². The third-order valence-corrected chi connectivity index (χ3v) is 7.35. The van der Waals surface area contributed by atoms with Gasteiger partial charge in [-0.3, -0.25) is 19.7 Å². The van der Waals surface area contributed by atoms with Gasteiger partial charge in [-0.2, -0.15) is 5.06 Å². The summed E-state index contributed by atoms with van der Waals surface area (Å²) in [7, 11) is -0.358. The SMILES string of the molecule is CCOP(=O)(CN(CCCOc1cc2nccc(Oc3ccc([N+](=O)[O-])cc3F)c2cc1OC)OC)OCC. The number of rotatable bonds is 16. The Kier molecular flexibility index (Phi) is 11.0. The summed E-state index contributed by atoms with van der Waals surface area (Å²) in [5, 5.41) is 12.9. The summed E-state index contributed by atoms with van der Waals surface area (Å²) in [5.74, 6) is 0.0551. The van der Waals surface area contributed by atoms with Crippen molar-refractivity contribution in [1.29, 1.82) is 0 Å². The fourth-order valence-electron chi connectivity index (χ4n) is 3.64. The molecule has 3 rings (SSSR count). The van der Waals surface area contributed by atoms with Crippen molar-refractivity contribution in [2.45, 2.75) is 20.3 Å². The smallest absolute Gasteiger partial charge is 0.346 e. The molecule has 1 aromatic heterocycles. The van der Waals surface area contributed by atoms with Gasteiger partial charge >= 0.3 is 7.60 Å². The minimum Gasteiger partial charge on any atom is -0.493 e. The van der Waals surface area contributed by atoms with E-state index in [4.69, 9.17) is 28.1 Å². The molecule has 0 radical (unpaired) electrons. The van der Waals surface area contributed by atoms with Crippen molar-refractivity contribution in [3.63, 3.8) is 0 Å². The van der Waals surface area contributed by atoms with Gasteiger partial charge in [0.15, 0.2) is 23.1 Å². The highest BCUT2D eigenvalue weighted by atomic mass is 31.2. The molecular weight excluding hydrogens is 536 g/mol. The molecule has 2 aromatic carbocycles. The molecule has 0 saturated carbocycles. The average Bonchev–Trinajstić information content (AvgIpc) is 2.91. The molecule has 3 aromatic rings. The molecule has 12 nitrogen and oxygen atoms in total. The normalized spacial score (nSPS) is 11.6. The number of aromatic nitrogens is 1. The lowest BCUT2D eigenvalue weighted by molar-refractivity contribution is -0.385. The maximum absolute atomic E-state index is 14.4. The molecule has 212 valence electrons. The van der Waals surface area contributed by atoms with E-state index in [-0.39, 0.29) is 43.3 Å². The monoisotopic (exact) mass is 567 g/mol. The number of nitro benzene ring substituents is 1. The number of fused-ring (bicyclic) bond motifs is 1. The molecule has 0 saturated heterocycles. The molecule has 0 aliphatic carbocycles. The molecule has 39 heavy (non-hydrogen) atoms. The summed E-state index contributed by atoms with van der Waals surface area (Å²) in [6, 6.07) is 8.01. The van der Waals surface area contributed by atoms with Crippen LogP contribution in [0.4, 0.5) is 10.1 Å². The molecule has 0 aliphatic heterocycles. The first-order valence-electron chi connectivity index (χ1n) is 12.1. The van der Waals surface area contributed by atoms with E-state index >= 15 is 0 Å². The summed E-state index contributed by atoms with van der Waals surface area (Å²) >= 11 is 0. The second-order valence-electron chi connectivity index (χ2n) is 7.98. The maximum Gasteiger partial charge on any atom is 0.346 e. The minimum atomic E-state index is -3.31. The Balaban J connectivity index is 1.70. The van der Waals surface area contributed by atoms with Gasteiger partial charge in [-0.15, -0.1) is 0 Å². The van der Waals surface area contributed by atoms with Gasteiger partial charge in [-0.05, 0) is 38.5 Å². The zero-order valence-electron chi connectivity index (χ0n) is 22.1. The van der Waals surface area contributed by atoms with Gasteiger partial charge in [-0.25, -0.2) is 4.39 Å². The average molecular weight is 568 g/mol. The summed E-state index contributed by atoms with van der Waals surface area (Å²) in [4.78, 5) is 19.9. The Hall–Kier alpha value is -3.35. The summed E-state index contributed by atoms with van der Waals surface area (Å²) in [5.41, 5.74) is 0.118. The van der Waals surface area contributed by atoms with Crippen molar-refractivity contribution in [1.82, 2.24) is 10.0 Å². The van der Waals surface area contributed by atoms with Gasteiger partial charge in [0.25, 0.3) is 5.69 Å². The van der Waals surface area contributed by atoms with Crippen LogP contribution in [0.2, 0.25) is 0 Å². The van der Waals surface area contributed by atoms with Gasteiger partial charge in [0, 0.05) is 30.3 Å². The van der Waals surface area contributed by atoms with Gasteiger partial charge in [-0.1, -0.05) is 0 Å². The van der Waals surface area contributed by atoms with E-state index in [0.29, 0.717) is 35.4 Å². The highest BCUT2D eigenvalue weighted by Crippen LogP contribution is 2.48. The first-order valence-corrected chi connectivity index (χ1v) is 13.8. The molecule has 0 unspecified atom stereocenters. The van der Waals surface area contributed by atoms with E-state index in [1.54, 1.807) is 32.0 Å². The van der Waals surface area contributed by atoms with Gasteiger partial charge in [0.05, 0.1) is 50.5 Å². The number of hydrogen-bond acceptors (Lipinski definition) is 11. The second kappa shape index (κ2) is 14.2. The quantitative estimate of drug-likeness (QED) is 0.0882. The lowest BCUT2D eigenvalue weighted by Crippen LogP contribution is -2.27. The number of nitrogens with zero attached hydrogens (tertiary/aromatic N) is 3. The topological polar surface area (TPSA) is 132 Å². The van der Waals surface area contributed by atoms with E-state index in [9.17, 15) is 19.1 Å². The number of methoxy groups -OCH3 is 1. The van der Waals surface area contributed by atoms with Gasteiger partial charge < -0.3 is 28.1 Å². The second-order valence-corrected chi connectivity index (χ2v) is 10.0. The van der Waals surface area contributed by atoms with Crippen LogP contribution >= 0.6 is 7.60 Å². The molecule has 0 amide bonds. The number of hydroxylamine groups is 2. The summed E-state index contributed by atoms with van der Waals surface area (Å²) in [6.07, 6.45) is 1.98. The third-order valence-electron chi connectivity index (χ3n) is 5.38. The molecular formula is C25H31FN3O9P. The molecule has 0 atom stereocenters. The number of pyridine rings is 1. The van der Waals surface area contributed by atoms with E-state index < -0.39 is 18.3 Å². The van der Waals surface area contributed by atoms with Crippen LogP contribution in [0.3, 0.4) is 0 Å². The van der Waals surface area contributed by atoms with Crippen LogP contribution in [0.5, 0.6) is 23.0 Å². The van der Waals surface area contributed by atoms with Crippen molar-refractivity contribution in [3.05, 3.63) is 58.5 Å². The first kappa shape index (κ1) is 30.2. The van der Waals surface area contributed by atoms with E-state index in [0.717, 1.165) is 12.1 Å².